The smallest absolute Gasteiger partial charge is 0.248 e. The summed E-state index contributed by atoms with van der Waals surface area (Å²) in [5.74, 6) is 0.325. The number of carbonyl (C=O) groups excluding carboxylic acids is 1. The van der Waals surface area contributed by atoms with Gasteiger partial charge in [0, 0.05) is 44.4 Å². The molecule has 1 aliphatic heterocycles. The summed E-state index contributed by atoms with van der Waals surface area (Å²) >= 11 is 5.74. The summed E-state index contributed by atoms with van der Waals surface area (Å²) in [5, 5.41) is 0.291. The summed E-state index contributed by atoms with van der Waals surface area (Å²) in [6, 6.07) is 5.80. The van der Waals surface area contributed by atoms with Gasteiger partial charge in [-0.25, -0.2) is 14.4 Å². The first-order valence-electron chi connectivity index (χ1n) is 8.03. The zero-order valence-corrected chi connectivity index (χ0v) is 14.9. The van der Waals surface area contributed by atoms with Gasteiger partial charge in [-0.15, -0.1) is 0 Å². The molecule has 1 aliphatic rings. The number of amides is 1. The van der Waals surface area contributed by atoms with E-state index in [1.165, 1.54) is 31.6 Å². The van der Waals surface area contributed by atoms with Gasteiger partial charge in [-0.3, -0.25) is 4.79 Å². The molecule has 0 atom stereocenters. The van der Waals surface area contributed by atoms with Crippen molar-refractivity contribution >= 4 is 23.3 Å². The highest BCUT2D eigenvalue weighted by Gasteiger charge is 2.22. The van der Waals surface area contributed by atoms with Crippen LogP contribution in [0.5, 0.6) is 11.6 Å². The summed E-state index contributed by atoms with van der Waals surface area (Å²) in [6.07, 6.45) is 1.36. The van der Waals surface area contributed by atoms with Gasteiger partial charge < -0.3 is 19.3 Å². The maximum atomic E-state index is 13.9. The van der Waals surface area contributed by atoms with Crippen LogP contribution < -0.4 is 9.64 Å². The lowest BCUT2D eigenvalue weighted by atomic mass is 10.3. The largest absolute Gasteiger partial charge is 0.436 e. The van der Waals surface area contributed by atoms with E-state index in [9.17, 15) is 9.18 Å². The number of piperazine rings is 1. The molecule has 26 heavy (non-hydrogen) atoms. The second-order valence-electron chi connectivity index (χ2n) is 5.69. The fraction of sp³-hybridized carbons (Fsp3) is 0.353. The molecule has 0 saturated carbocycles. The predicted octanol–water partition coefficient (Wildman–Crippen LogP) is 2.36. The molecule has 1 saturated heterocycles. The number of hydrogen-bond donors (Lipinski definition) is 0. The number of hydrogen-bond acceptors (Lipinski definition) is 6. The molecule has 3 rings (SSSR count). The average molecular weight is 381 g/mol. The fourth-order valence-electron chi connectivity index (χ4n) is 2.63. The first-order valence-corrected chi connectivity index (χ1v) is 8.41. The Balaban J connectivity index is 1.65. The van der Waals surface area contributed by atoms with E-state index < -0.39 is 5.82 Å². The van der Waals surface area contributed by atoms with Crippen LogP contribution in [0.4, 0.5) is 10.2 Å². The van der Waals surface area contributed by atoms with Crippen molar-refractivity contribution in [2.75, 3.05) is 44.8 Å². The lowest BCUT2D eigenvalue weighted by Crippen LogP contribution is -2.50. The topological polar surface area (TPSA) is 67.8 Å². The Kier molecular flexibility index (Phi) is 5.85. The highest BCUT2D eigenvalue weighted by atomic mass is 35.5. The molecule has 0 unspecified atom stereocenters. The van der Waals surface area contributed by atoms with Crippen LogP contribution in [-0.2, 0) is 9.53 Å². The molecule has 0 aliphatic carbocycles. The maximum Gasteiger partial charge on any atom is 0.248 e. The Morgan fingerprint density at radius 2 is 2.00 bits per heavy atom. The van der Waals surface area contributed by atoms with Crippen molar-refractivity contribution in [3.63, 3.8) is 0 Å². The minimum atomic E-state index is -0.567. The Bertz CT molecular complexity index is 784. The van der Waals surface area contributed by atoms with Crippen LogP contribution >= 0.6 is 11.6 Å². The normalized spacial score (nSPS) is 14.4. The first kappa shape index (κ1) is 18.3. The van der Waals surface area contributed by atoms with Gasteiger partial charge in [-0.2, -0.15) is 0 Å². The third-order valence-corrected chi connectivity index (χ3v) is 4.20. The number of nitrogens with zero attached hydrogens (tertiary/aromatic N) is 4. The van der Waals surface area contributed by atoms with Crippen molar-refractivity contribution in [1.29, 1.82) is 0 Å². The first-order chi connectivity index (χ1) is 12.6. The van der Waals surface area contributed by atoms with Crippen molar-refractivity contribution in [2.45, 2.75) is 0 Å². The van der Waals surface area contributed by atoms with Gasteiger partial charge in [0.15, 0.2) is 11.6 Å². The SMILES string of the molecule is COCC(=O)N1CCN(c2cc(Oc3ccc(Cl)cc3F)ncn2)CC1. The number of benzene rings is 1. The summed E-state index contributed by atoms with van der Waals surface area (Å²) in [4.78, 5) is 23.9. The van der Waals surface area contributed by atoms with Gasteiger partial charge >= 0.3 is 0 Å². The average Bonchev–Trinajstić information content (AvgIpc) is 2.65. The standard InChI is InChI=1S/C17H18ClFN4O3/c1-25-10-17(24)23-6-4-22(5-7-23)15-9-16(21-11-20-15)26-14-3-2-12(18)8-13(14)19/h2-3,8-9,11H,4-7,10H2,1H3. The predicted molar refractivity (Wildman–Crippen MR) is 94.2 cm³/mol. The third kappa shape index (κ3) is 4.39. The van der Waals surface area contributed by atoms with Gasteiger partial charge in [0.05, 0.1) is 0 Å². The van der Waals surface area contributed by atoms with Crippen molar-refractivity contribution in [3.8, 4) is 11.6 Å². The number of aromatic nitrogens is 2. The van der Waals surface area contributed by atoms with E-state index in [0.29, 0.717) is 37.0 Å². The summed E-state index contributed by atoms with van der Waals surface area (Å²) in [6.45, 7) is 2.49. The Morgan fingerprint density at radius 3 is 2.69 bits per heavy atom. The molecule has 1 aromatic heterocycles. The highest BCUT2D eigenvalue weighted by molar-refractivity contribution is 6.30. The zero-order chi connectivity index (χ0) is 18.5. The molecule has 1 fully saturated rings. The Hall–Kier alpha value is -2.45. The van der Waals surface area contributed by atoms with Crippen molar-refractivity contribution in [3.05, 3.63) is 41.4 Å². The molecule has 0 bridgehead atoms. The van der Waals surface area contributed by atoms with Crippen molar-refractivity contribution in [1.82, 2.24) is 14.9 Å². The van der Waals surface area contributed by atoms with E-state index in [0.717, 1.165) is 0 Å². The highest BCUT2D eigenvalue weighted by Crippen LogP contribution is 2.27. The van der Waals surface area contributed by atoms with E-state index in [1.54, 1.807) is 11.0 Å². The zero-order valence-electron chi connectivity index (χ0n) is 14.2. The second kappa shape index (κ2) is 8.29. The number of halogens is 2. The van der Waals surface area contributed by atoms with Crippen LogP contribution in [0.15, 0.2) is 30.6 Å². The minimum Gasteiger partial charge on any atom is -0.436 e. The minimum absolute atomic E-state index is 0.0305. The van der Waals surface area contributed by atoms with E-state index in [2.05, 4.69) is 9.97 Å². The molecular weight excluding hydrogens is 363 g/mol. The van der Waals surface area contributed by atoms with Gasteiger partial charge in [-0.05, 0) is 18.2 Å². The van der Waals surface area contributed by atoms with E-state index in [1.807, 2.05) is 4.90 Å². The van der Waals surface area contributed by atoms with E-state index in [4.69, 9.17) is 21.1 Å². The molecule has 138 valence electrons. The van der Waals surface area contributed by atoms with Crippen LogP contribution in [0.25, 0.3) is 0 Å². The third-order valence-electron chi connectivity index (χ3n) is 3.96. The van der Waals surface area contributed by atoms with Crippen LogP contribution in [0.3, 0.4) is 0 Å². The Labute approximate surface area is 155 Å². The lowest BCUT2D eigenvalue weighted by molar-refractivity contribution is -0.135. The molecule has 2 aromatic rings. The monoisotopic (exact) mass is 380 g/mol. The molecule has 2 heterocycles. The summed E-state index contributed by atoms with van der Waals surface area (Å²) in [5.41, 5.74) is 0. The van der Waals surface area contributed by atoms with Crippen molar-refractivity contribution in [2.24, 2.45) is 0 Å². The van der Waals surface area contributed by atoms with Crippen LogP contribution in [0.1, 0.15) is 0 Å². The van der Waals surface area contributed by atoms with Crippen LogP contribution in [0.2, 0.25) is 5.02 Å². The van der Waals surface area contributed by atoms with Gasteiger partial charge in [-0.1, -0.05) is 11.6 Å². The van der Waals surface area contributed by atoms with Gasteiger partial charge in [0.25, 0.3) is 0 Å². The second-order valence-corrected chi connectivity index (χ2v) is 6.13. The van der Waals surface area contributed by atoms with E-state index >= 15 is 0 Å². The summed E-state index contributed by atoms with van der Waals surface area (Å²) in [7, 11) is 1.50. The van der Waals surface area contributed by atoms with Gasteiger partial charge in [0.2, 0.25) is 11.8 Å². The number of methoxy groups -OCH3 is 1. The summed E-state index contributed by atoms with van der Waals surface area (Å²) < 4.78 is 24.2. The quantitative estimate of drug-likeness (QED) is 0.793. The molecule has 0 spiro atoms. The molecule has 1 aromatic carbocycles. The number of ether oxygens (including phenoxy) is 2. The van der Waals surface area contributed by atoms with Crippen LogP contribution in [0, 0.1) is 5.82 Å². The number of anilines is 1. The molecule has 9 heteroatoms. The number of rotatable bonds is 5. The van der Waals surface area contributed by atoms with Gasteiger partial charge in [0.1, 0.15) is 18.8 Å². The molecule has 1 amide bonds. The van der Waals surface area contributed by atoms with E-state index in [-0.39, 0.29) is 24.1 Å². The molecule has 0 radical (unpaired) electrons. The fourth-order valence-corrected chi connectivity index (χ4v) is 2.79. The van der Waals surface area contributed by atoms with Crippen LogP contribution in [-0.4, -0.2) is 60.7 Å². The maximum absolute atomic E-state index is 13.9. The Morgan fingerprint density at radius 1 is 1.23 bits per heavy atom. The number of carbonyl (C=O) groups is 1. The van der Waals surface area contributed by atoms with Crippen molar-refractivity contribution < 1.29 is 18.7 Å². The molecule has 0 N–H and O–H groups in total. The lowest BCUT2D eigenvalue weighted by Gasteiger charge is -2.35. The molecule has 7 nitrogen and oxygen atoms in total. The molecular formula is C17H18ClFN4O3.